The van der Waals surface area contributed by atoms with Crippen LogP contribution in [-0.2, 0) is 4.79 Å². The standard InChI is InChI=1S/C19H16O2S/c20-18(13-19(21)22-15-9-2-1-3-10-15)17-12-6-8-14-7-4-5-11-16(14)17/h1-12,18,20H,13H2/t18-/m1/s1. The number of thioether (sulfide) groups is 1. The van der Waals surface area contributed by atoms with E-state index in [1.54, 1.807) is 0 Å². The van der Waals surface area contributed by atoms with Crippen LogP contribution < -0.4 is 0 Å². The number of aliphatic hydroxyl groups is 1. The SMILES string of the molecule is O=C(C[C@@H](O)c1cccc2ccccc12)Sc1ccccc1. The molecule has 0 unspecified atom stereocenters. The molecule has 0 aliphatic heterocycles. The predicted octanol–water partition coefficient (Wildman–Crippen LogP) is 4.58. The minimum atomic E-state index is -0.783. The van der Waals surface area contributed by atoms with Gasteiger partial charge in [-0.15, -0.1) is 0 Å². The number of carbonyl (C=O) groups is 1. The topological polar surface area (TPSA) is 37.3 Å². The molecule has 0 saturated heterocycles. The van der Waals surface area contributed by atoms with Crippen molar-refractivity contribution < 1.29 is 9.90 Å². The van der Waals surface area contributed by atoms with E-state index in [4.69, 9.17) is 0 Å². The number of benzene rings is 3. The number of hydrogen-bond acceptors (Lipinski definition) is 3. The van der Waals surface area contributed by atoms with Gasteiger partial charge in [-0.2, -0.15) is 0 Å². The molecule has 0 heterocycles. The van der Waals surface area contributed by atoms with Gasteiger partial charge in [-0.25, -0.2) is 0 Å². The Bertz CT molecular complexity index is 778. The first-order chi connectivity index (χ1) is 10.7. The Kier molecular flexibility index (Phi) is 4.56. The summed E-state index contributed by atoms with van der Waals surface area (Å²) in [6.45, 7) is 0. The van der Waals surface area contributed by atoms with Crippen LogP contribution in [0.5, 0.6) is 0 Å². The van der Waals surface area contributed by atoms with Gasteiger partial charge in [-0.3, -0.25) is 4.79 Å². The fourth-order valence-corrected chi connectivity index (χ4v) is 3.27. The van der Waals surface area contributed by atoms with Crippen molar-refractivity contribution in [1.29, 1.82) is 0 Å². The normalized spacial score (nSPS) is 12.2. The highest BCUT2D eigenvalue weighted by Crippen LogP contribution is 2.29. The lowest BCUT2D eigenvalue weighted by atomic mass is 9.99. The fraction of sp³-hybridized carbons (Fsp3) is 0.105. The minimum absolute atomic E-state index is 0.0355. The van der Waals surface area contributed by atoms with Gasteiger partial charge in [-0.05, 0) is 28.5 Å². The lowest BCUT2D eigenvalue weighted by Gasteiger charge is -2.13. The van der Waals surface area contributed by atoms with E-state index in [1.165, 1.54) is 11.8 Å². The lowest BCUT2D eigenvalue weighted by molar-refractivity contribution is -0.112. The van der Waals surface area contributed by atoms with Crippen molar-refractivity contribution in [3.63, 3.8) is 0 Å². The van der Waals surface area contributed by atoms with Gasteiger partial charge in [0.15, 0.2) is 5.12 Å². The molecule has 3 heteroatoms. The Labute approximate surface area is 133 Å². The highest BCUT2D eigenvalue weighted by atomic mass is 32.2. The van der Waals surface area contributed by atoms with Gasteiger partial charge in [0.05, 0.1) is 6.10 Å². The Morgan fingerprint density at radius 3 is 2.41 bits per heavy atom. The Morgan fingerprint density at radius 2 is 1.59 bits per heavy atom. The van der Waals surface area contributed by atoms with E-state index in [0.717, 1.165) is 21.2 Å². The summed E-state index contributed by atoms with van der Waals surface area (Å²) in [5.41, 5.74) is 0.806. The van der Waals surface area contributed by atoms with E-state index >= 15 is 0 Å². The summed E-state index contributed by atoms with van der Waals surface area (Å²) in [7, 11) is 0. The first-order valence-corrected chi connectivity index (χ1v) is 7.97. The summed E-state index contributed by atoms with van der Waals surface area (Å²) < 4.78 is 0. The van der Waals surface area contributed by atoms with Crippen molar-refractivity contribution in [2.75, 3.05) is 0 Å². The summed E-state index contributed by atoms with van der Waals surface area (Å²) in [5, 5.41) is 12.5. The van der Waals surface area contributed by atoms with Gasteiger partial charge in [-0.1, -0.05) is 72.4 Å². The van der Waals surface area contributed by atoms with E-state index in [9.17, 15) is 9.90 Å². The van der Waals surface area contributed by atoms with Crippen molar-refractivity contribution in [3.05, 3.63) is 78.4 Å². The van der Waals surface area contributed by atoms with E-state index in [1.807, 2.05) is 72.8 Å². The number of aliphatic hydroxyl groups excluding tert-OH is 1. The molecule has 3 aromatic carbocycles. The van der Waals surface area contributed by atoms with Crippen LogP contribution in [0.1, 0.15) is 18.1 Å². The molecule has 2 nitrogen and oxygen atoms in total. The zero-order valence-electron chi connectivity index (χ0n) is 12.0. The Morgan fingerprint density at radius 1 is 0.909 bits per heavy atom. The van der Waals surface area contributed by atoms with Crippen LogP contribution in [0, 0.1) is 0 Å². The minimum Gasteiger partial charge on any atom is -0.388 e. The molecule has 22 heavy (non-hydrogen) atoms. The van der Waals surface area contributed by atoms with Crippen LogP contribution in [0.2, 0.25) is 0 Å². The van der Waals surface area contributed by atoms with Crippen LogP contribution >= 0.6 is 11.8 Å². The highest BCUT2D eigenvalue weighted by molar-refractivity contribution is 8.13. The van der Waals surface area contributed by atoms with E-state index in [-0.39, 0.29) is 11.5 Å². The quantitative estimate of drug-likeness (QED) is 0.717. The van der Waals surface area contributed by atoms with E-state index < -0.39 is 6.10 Å². The van der Waals surface area contributed by atoms with Gasteiger partial charge in [0.25, 0.3) is 0 Å². The second kappa shape index (κ2) is 6.77. The van der Waals surface area contributed by atoms with Gasteiger partial charge in [0.1, 0.15) is 0 Å². The molecular formula is C19H16O2S. The average Bonchev–Trinajstić information content (AvgIpc) is 2.55. The molecule has 0 bridgehead atoms. The summed E-state index contributed by atoms with van der Waals surface area (Å²) in [4.78, 5) is 13.0. The van der Waals surface area contributed by atoms with Gasteiger partial charge in [0.2, 0.25) is 0 Å². The maximum Gasteiger partial charge on any atom is 0.196 e. The summed E-state index contributed by atoms with van der Waals surface area (Å²) in [6, 6.07) is 23.2. The average molecular weight is 308 g/mol. The second-order valence-corrected chi connectivity index (χ2v) is 6.21. The maximum absolute atomic E-state index is 12.1. The zero-order chi connectivity index (χ0) is 15.4. The molecule has 3 aromatic rings. The highest BCUT2D eigenvalue weighted by Gasteiger charge is 2.16. The number of hydrogen-bond donors (Lipinski definition) is 1. The summed E-state index contributed by atoms with van der Waals surface area (Å²) in [6.07, 6.45) is -0.678. The Hall–Kier alpha value is -2.10. The molecule has 1 atom stereocenters. The van der Waals surface area contributed by atoms with Crippen LogP contribution in [0.25, 0.3) is 10.8 Å². The van der Waals surface area contributed by atoms with E-state index in [2.05, 4.69) is 0 Å². The van der Waals surface area contributed by atoms with Crippen molar-refractivity contribution >= 4 is 27.6 Å². The maximum atomic E-state index is 12.1. The van der Waals surface area contributed by atoms with Crippen molar-refractivity contribution in [3.8, 4) is 0 Å². The first kappa shape index (κ1) is 14.8. The molecule has 3 rings (SSSR count). The molecule has 0 radical (unpaired) electrons. The van der Waals surface area contributed by atoms with Crippen molar-refractivity contribution in [2.45, 2.75) is 17.4 Å². The third kappa shape index (κ3) is 3.38. The number of rotatable bonds is 4. The first-order valence-electron chi connectivity index (χ1n) is 7.15. The zero-order valence-corrected chi connectivity index (χ0v) is 12.8. The fourth-order valence-electron chi connectivity index (χ4n) is 2.47. The number of fused-ring (bicyclic) bond motifs is 1. The molecule has 0 aliphatic carbocycles. The van der Waals surface area contributed by atoms with Gasteiger partial charge < -0.3 is 5.11 Å². The molecule has 0 aliphatic rings. The van der Waals surface area contributed by atoms with Crippen LogP contribution in [0.15, 0.2) is 77.7 Å². The second-order valence-electron chi connectivity index (χ2n) is 5.08. The third-order valence-corrected chi connectivity index (χ3v) is 4.42. The van der Waals surface area contributed by atoms with Crippen LogP contribution in [0.3, 0.4) is 0 Å². The van der Waals surface area contributed by atoms with Crippen LogP contribution in [-0.4, -0.2) is 10.2 Å². The number of carbonyl (C=O) groups excluding carboxylic acids is 1. The summed E-state index contributed by atoms with van der Waals surface area (Å²) in [5.74, 6) is 0. The molecule has 0 saturated carbocycles. The third-order valence-electron chi connectivity index (χ3n) is 3.52. The van der Waals surface area contributed by atoms with Crippen molar-refractivity contribution in [2.24, 2.45) is 0 Å². The monoisotopic (exact) mass is 308 g/mol. The lowest BCUT2D eigenvalue weighted by Crippen LogP contribution is -2.04. The summed E-state index contributed by atoms with van der Waals surface area (Å²) >= 11 is 1.17. The van der Waals surface area contributed by atoms with Gasteiger partial charge in [0, 0.05) is 11.3 Å². The molecule has 110 valence electrons. The van der Waals surface area contributed by atoms with Crippen molar-refractivity contribution in [1.82, 2.24) is 0 Å². The largest absolute Gasteiger partial charge is 0.388 e. The molecule has 0 spiro atoms. The van der Waals surface area contributed by atoms with Crippen LogP contribution in [0.4, 0.5) is 0 Å². The van der Waals surface area contributed by atoms with E-state index in [0.29, 0.717) is 0 Å². The smallest absolute Gasteiger partial charge is 0.196 e. The molecule has 0 fully saturated rings. The molecular weight excluding hydrogens is 292 g/mol. The molecule has 0 aromatic heterocycles. The van der Waals surface area contributed by atoms with Gasteiger partial charge >= 0.3 is 0 Å². The molecule has 1 N–H and O–H groups in total. The molecule has 0 amide bonds. The Balaban J connectivity index is 1.76. The predicted molar refractivity (Wildman–Crippen MR) is 90.8 cm³/mol.